The maximum Gasteiger partial charge on any atom is 0.328 e. The van der Waals surface area contributed by atoms with E-state index in [-0.39, 0.29) is 5.56 Å². The molecule has 0 radical (unpaired) electrons. The molecule has 0 fully saturated rings. The number of primary amides is 2. The molecule has 0 atom stereocenters. The van der Waals surface area contributed by atoms with Crippen molar-refractivity contribution in [1.82, 2.24) is 4.90 Å². The van der Waals surface area contributed by atoms with Gasteiger partial charge in [-0.15, -0.1) is 11.3 Å². The standard InChI is InChI=1S/C12H13N3O5S/c13-9(16)4-15(5-10(14)17)12(20)7-3-8(21-6-7)1-2-11(18)19/h1-3,6H,4-5H2,(H2,13,16)(H2,14,17)(H,18,19). The van der Waals surface area contributed by atoms with Crippen molar-refractivity contribution in [3.63, 3.8) is 0 Å². The molecule has 8 nitrogen and oxygen atoms in total. The van der Waals surface area contributed by atoms with E-state index in [1.54, 1.807) is 0 Å². The zero-order valence-electron chi connectivity index (χ0n) is 10.8. The van der Waals surface area contributed by atoms with Crippen LogP contribution in [0.5, 0.6) is 0 Å². The zero-order valence-corrected chi connectivity index (χ0v) is 11.6. The number of carboxylic acids is 1. The van der Waals surface area contributed by atoms with Crippen molar-refractivity contribution in [2.45, 2.75) is 0 Å². The second-order valence-corrected chi connectivity index (χ2v) is 4.95. The molecular weight excluding hydrogens is 298 g/mol. The average Bonchev–Trinajstić information content (AvgIpc) is 2.82. The summed E-state index contributed by atoms with van der Waals surface area (Å²) in [4.78, 5) is 45.8. The molecule has 112 valence electrons. The molecule has 0 saturated heterocycles. The van der Waals surface area contributed by atoms with Crippen LogP contribution in [0.15, 0.2) is 17.5 Å². The van der Waals surface area contributed by atoms with Crippen molar-refractivity contribution in [2.24, 2.45) is 11.5 Å². The van der Waals surface area contributed by atoms with Gasteiger partial charge in [-0.25, -0.2) is 4.79 Å². The second-order valence-electron chi connectivity index (χ2n) is 4.00. The number of aliphatic carboxylic acids is 1. The molecule has 0 saturated carbocycles. The fourth-order valence-corrected chi connectivity index (χ4v) is 2.24. The third-order valence-electron chi connectivity index (χ3n) is 2.24. The van der Waals surface area contributed by atoms with Gasteiger partial charge in [-0.05, 0) is 12.1 Å². The van der Waals surface area contributed by atoms with Crippen molar-refractivity contribution >= 4 is 41.1 Å². The smallest absolute Gasteiger partial charge is 0.328 e. The normalized spacial score (nSPS) is 10.5. The maximum atomic E-state index is 12.1. The molecule has 5 N–H and O–H groups in total. The number of carbonyl (C=O) groups is 4. The highest BCUT2D eigenvalue weighted by molar-refractivity contribution is 7.11. The Morgan fingerprint density at radius 2 is 1.76 bits per heavy atom. The summed E-state index contributed by atoms with van der Waals surface area (Å²) >= 11 is 1.15. The quantitative estimate of drug-likeness (QED) is 0.568. The molecule has 1 rings (SSSR count). The highest BCUT2D eigenvalue weighted by Gasteiger charge is 2.20. The van der Waals surface area contributed by atoms with Crippen LogP contribution in [0.25, 0.3) is 6.08 Å². The molecule has 0 aliphatic heterocycles. The molecule has 0 aromatic carbocycles. The molecule has 0 aliphatic rings. The minimum Gasteiger partial charge on any atom is -0.478 e. The van der Waals surface area contributed by atoms with Crippen molar-refractivity contribution < 1.29 is 24.3 Å². The van der Waals surface area contributed by atoms with Crippen molar-refractivity contribution in [3.8, 4) is 0 Å². The summed E-state index contributed by atoms with van der Waals surface area (Å²) in [7, 11) is 0. The van der Waals surface area contributed by atoms with Crippen LogP contribution in [0.4, 0.5) is 0 Å². The number of carbonyl (C=O) groups excluding carboxylic acids is 3. The van der Waals surface area contributed by atoms with Crippen LogP contribution in [0.3, 0.4) is 0 Å². The van der Waals surface area contributed by atoms with Crippen molar-refractivity contribution in [3.05, 3.63) is 28.0 Å². The lowest BCUT2D eigenvalue weighted by Crippen LogP contribution is -2.43. The Balaban J connectivity index is 2.90. The largest absolute Gasteiger partial charge is 0.478 e. The number of amides is 3. The van der Waals surface area contributed by atoms with Crippen LogP contribution in [-0.2, 0) is 14.4 Å². The third kappa shape index (κ3) is 5.45. The Bertz CT molecular complexity index is 592. The first-order chi connectivity index (χ1) is 9.79. The highest BCUT2D eigenvalue weighted by Crippen LogP contribution is 2.18. The van der Waals surface area contributed by atoms with Gasteiger partial charge < -0.3 is 21.5 Å². The van der Waals surface area contributed by atoms with Gasteiger partial charge in [-0.1, -0.05) is 0 Å². The molecular formula is C12H13N3O5S. The van der Waals surface area contributed by atoms with Gasteiger partial charge in [0, 0.05) is 16.3 Å². The number of hydrogen-bond acceptors (Lipinski definition) is 5. The second kappa shape index (κ2) is 7.20. The van der Waals surface area contributed by atoms with Gasteiger partial charge in [-0.2, -0.15) is 0 Å². The maximum absolute atomic E-state index is 12.1. The number of rotatable bonds is 7. The predicted molar refractivity (Wildman–Crippen MR) is 75.3 cm³/mol. The van der Waals surface area contributed by atoms with E-state index in [0.29, 0.717) is 4.88 Å². The molecule has 1 heterocycles. The Morgan fingerprint density at radius 1 is 1.19 bits per heavy atom. The lowest BCUT2D eigenvalue weighted by molar-refractivity contribution is -0.131. The van der Waals surface area contributed by atoms with Crippen LogP contribution >= 0.6 is 11.3 Å². The zero-order chi connectivity index (χ0) is 16.0. The van der Waals surface area contributed by atoms with Crippen LogP contribution in [0.1, 0.15) is 15.2 Å². The first-order valence-corrected chi connectivity index (χ1v) is 6.53. The summed E-state index contributed by atoms with van der Waals surface area (Å²) in [6, 6.07) is 1.45. The van der Waals surface area contributed by atoms with Crippen molar-refractivity contribution in [1.29, 1.82) is 0 Å². The number of nitrogens with two attached hydrogens (primary N) is 2. The van der Waals surface area contributed by atoms with Crippen LogP contribution in [0, 0.1) is 0 Å². The number of nitrogens with zero attached hydrogens (tertiary/aromatic N) is 1. The highest BCUT2D eigenvalue weighted by atomic mass is 32.1. The van der Waals surface area contributed by atoms with E-state index >= 15 is 0 Å². The monoisotopic (exact) mass is 311 g/mol. The summed E-state index contributed by atoms with van der Waals surface area (Å²) in [5.74, 6) is -3.24. The van der Waals surface area contributed by atoms with Gasteiger partial charge in [0.15, 0.2) is 0 Å². The number of carboxylic acid groups (broad SMARTS) is 1. The Labute approximate surface area is 123 Å². The van der Waals surface area contributed by atoms with E-state index in [1.807, 2.05) is 0 Å². The van der Waals surface area contributed by atoms with Gasteiger partial charge in [0.05, 0.1) is 5.56 Å². The third-order valence-corrected chi connectivity index (χ3v) is 3.14. The molecule has 1 aromatic heterocycles. The molecule has 0 unspecified atom stereocenters. The topological polar surface area (TPSA) is 144 Å². The summed E-state index contributed by atoms with van der Waals surface area (Å²) in [6.07, 6.45) is 2.26. The van der Waals surface area contributed by atoms with Crippen LogP contribution in [-0.4, -0.2) is 46.8 Å². The van der Waals surface area contributed by atoms with Crippen molar-refractivity contribution in [2.75, 3.05) is 13.1 Å². The summed E-state index contributed by atoms with van der Waals surface area (Å²) in [6.45, 7) is -0.865. The van der Waals surface area contributed by atoms with Gasteiger partial charge >= 0.3 is 5.97 Å². The molecule has 0 spiro atoms. The van der Waals surface area contributed by atoms with E-state index in [1.165, 1.54) is 17.5 Å². The summed E-state index contributed by atoms with van der Waals surface area (Å²) in [5, 5.41) is 10.0. The fourth-order valence-electron chi connectivity index (χ4n) is 1.46. The Kier molecular flexibility index (Phi) is 5.61. The average molecular weight is 311 g/mol. The molecule has 1 aromatic rings. The number of thiophene rings is 1. The SMILES string of the molecule is NC(=O)CN(CC(N)=O)C(=O)c1csc(C=CC(=O)O)c1. The molecule has 21 heavy (non-hydrogen) atoms. The van der Waals surface area contributed by atoms with Gasteiger partial charge in [-0.3, -0.25) is 14.4 Å². The van der Waals surface area contributed by atoms with E-state index in [0.717, 1.165) is 22.3 Å². The minimum atomic E-state index is -1.11. The van der Waals surface area contributed by atoms with Gasteiger partial charge in [0.2, 0.25) is 11.8 Å². The predicted octanol–water partition coefficient (Wildman–Crippen LogP) is -0.741. The first kappa shape index (κ1) is 16.4. The molecule has 3 amide bonds. The summed E-state index contributed by atoms with van der Waals surface area (Å²) < 4.78 is 0. The van der Waals surface area contributed by atoms with E-state index < -0.39 is 36.8 Å². The van der Waals surface area contributed by atoms with E-state index in [9.17, 15) is 19.2 Å². The number of hydrogen-bond donors (Lipinski definition) is 3. The van der Waals surface area contributed by atoms with Gasteiger partial charge in [0.1, 0.15) is 13.1 Å². The first-order valence-electron chi connectivity index (χ1n) is 5.65. The molecule has 9 heteroatoms. The Hall–Kier alpha value is -2.68. The van der Waals surface area contributed by atoms with Crippen LogP contribution in [0.2, 0.25) is 0 Å². The minimum absolute atomic E-state index is 0.215. The van der Waals surface area contributed by atoms with E-state index in [2.05, 4.69) is 0 Å². The molecule has 0 bridgehead atoms. The van der Waals surface area contributed by atoms with Gasteiger partial charge in [0.25, 0.3) is 5.91 Å². The lowest BCUT2D eigenvalue weighted by atomic mass is 10.2. The summed E-state index contributed by atoms with van der Waals surface area (Å²) in [5.41, 5.74) is 10.2. The molecule has 0 aliphatic carbocycles. The van der Waals surface area contributed by atoms with Crippen LogP contribution < -0.4 is 11.5 Å². The fraction of sp³-hybridized carbons (Fsp3) is 0.167. The lowest BCUT2D eigenvalue weighted by Gasteiger charge is -2.18. The Morgan fingerprint density at radius 3 is 2.24 bits per heavy atom. The van der Waals surface area contributed by atoms with E-state index in [4.69, 9.17) is 16.6 Å².